The third-order valence-corrected chi connectivity index (χ3v) is 4.65. The number of carbonyl (C=O) groups excluding carboxylic acids is 1. The van der Waals surface area contributed by atoms with Crippen LogP contribution in [0.15, 0.2) is 36.7 Å². The number of anilines is 1. The summed E-state index contributed by atoms with van der Waals surface area (Å²) in [6.07, 6.45) is 6.06. The summed E-state index contributed by atoms with van der Waals surface area (Å²) in [5.74, 6) is 0.298. The quantitative estimate of drug-likeness (QED) is 0.725. The molecular formula is C19H23N7O. The average molecular weight is 365 g/mol. The van der Waals surface area contributed by atoms with Gasteiger partial charge in [0.15, 0.2) is 5.65 Å². The molecule has 3 aromatic heterocycles. The van der Waals surface area contributed by atoms with E-state index in [0.29, 0.717) is 18.1 Å². The summed E-state index contributed by atoms with van der Waals surface area (Å²) in [6.45, 7) is 5.40. The molecule has 140 valence electrons. The Morgan fingerprint density at radius 2 is 2.07 bits per heavy atom. The highest BCUT2D eigenvalue weighted by molar-refractivity contribution is 5.87. The Hall–Kier alpha value is -3.00. The fraction of sp³-hybridized carbons (Fsp3) is 0.368. The zero-order valence-corrected chi connectivity index (χ0v) is 15.4. The van der Waals surface area contributed by atoms with E-state index in [4.69, 9.17) is 0 Å². The zero-order chi connectivity index (χ0) is 18.6. The lowest BCUT2D eigenvalue weighted by Crippen LogP contribution is -2.28. The Morgan fingerprint density at radius 1 is 1.22 bits per heavy atom. The molecule has 1 aliphatic rings. The first-order valence-electron chi connectivity index (χ1n) is 9.30. The van der Waals surface area contributed by atoms with E-state index in [9.17, 15) is 4.79 Å². The second kappa shape index (κ2) is 7.71. The monoisotopic (exact) mass is 365 g/mol. The lowest BCUT2D eigenvalue weighted by Gasteiger charge is -2.16. The normalized spacial score (nSPS) is 14.6. The van der Waals surface area contributed by atoms with Gasteiger partial charge in [-0.15, -0.1) is 5.10 Å². The van der Waals surface area contributed by atoms with E-state index in [-0.39, 0.29) is 6.03 Å². The van der Waals surface area contributed by atoms with Crippen LogP contribution in [0.5, 0.6) is 0 Å². The Bertz CT molecular complexity index is 932. The molecule has 3 aromatic rings. The van der Waals surface area contributed by atoms with Crippen molar-refractivity contribution in [3.63, 3.8) is 0 Å². The minimum Gasteiger partial charge on any atom is -0.338 e. The highest BCUT2D eigenvalue weighted by Crippen LogP contribution is 2.24. The van der Waals surface area contributed by atoms with Crippen molar-refractivity contribution < 1.29 is 4.79 Å². The predicted octanol–water partition coefficient (Wildman–Crippen LogP) is 2.53. The summed E-state index contributed by atoms with van der Waals surface area (Å²) in [5.41, 5.74) is 3.83. The minimum absolute atomic E-state index is 0.298. The molecular weight excluding hydrogens is 342 g/mol. The highest BCUT2D eigenvalue weighted by Gasteiger charge is 2.17. The van der Waals surface area contributed by atoms with Gasteiger partial charge < -0.3 is 5.32 Å². The van der Waals surface area contributed by atoms with Crippen molar-refractivity contribution in [3.8, 4) is 11.1 Å². The number of hydrogen-bond acceptors (Lipinski definition) is 5. The second-order valence-corrected chi connectivity index (χ2v) is 6.65. The van der Waals surface area contributed by atoms with E-state index in [1.807, 2.05) is 35.8 Å². The fourth-order valence-corrected chi connectivity index (χ4v) is 3.39. The molecule has 1 aliphatic heterocycles. The number of aromatic nitrogens is 4. The van der Waals surface area contributed by atoms with Gasteiger partial charge in [-0.3, -0.25) is 15.2 Å². The lowest BCUT2D eigenvalue weighted by atomic mass is 10.1. The van der Waals surface area contributed by atoms with E-state index in [2.05, 4.69) is 36.7 Å². The van der Waals surface area contributed by atoms with Crippen molar-refractivity contribution in [2.45, 2.75) is 26.3 Å². The van der Waals surface area contributed by atoms with Gasteiger partial charge in [0.25, 0.3) is 5.95 Å². The number of nitrogens with one attached hydrogen (secondary N) is 2. The van der Waals surface area contributed by atoms with Crippen molar-refractivity contribution in [1.82, 2.24) is 29.8 Å². The first kappa shape index (κ1) is 17.4. The molecule has 1 fully saturated rings. The van der Waals surface area contributed by atoms with Gasteiger partial charge in [-0.05, 0) is 56.6 Å². The van der Waals surface area contributed by atoms with Gasteiger partial charge in [-0.2, -0.15) is 4.98 Å². The Morgan fingerprint density at radius 3 is 2.81 bits per heavy atom. The first-order chi connectivity index (χ1) is 13.2. The number of hydrogen-bond donors (Lipinski definition) is 2. The van der Waals surface area contributed by atoms with Crippen LogP contribution in [0.4, 0.5) is 10.7 Å². The molecule has 0 radical (unpaired) electrons. The van der Waals surface area contributed by atoms with Crippen LogP contribution in [-0.2, 0) is 6.54 Å². The molecule has 0 spiro atoms. The molecule has 1 saturated heterocycles. The molecule has 0 aromatic carbocycles. The van der Waals surface area contributed by atoms with Crippen molar-refractivity contribution in [1.29, 1.82) is 0 Å². The zero-order valence-electron chi connectivity index (χ0n) is 15.4. The third kappa shape index (κ3) is 3.90. The van der Waals surface area contributed by atoms with Crippen molar-refractivity contribution in [2.24, 2.45) is 0 Å². The summed E-state index contributed by atoms with van der Waals surface area (Å²) in [7, 11) is 0. The number of likely N-dealkylation sites (tertiary alicyclic amines) is 1. The number of nitrogens with zero attached hydrogens (tertiary/aromatic N) is 5. The maximum absolute atomic E-state index is 11.8. The molecule has 2 N–H and O–H groups in total. The van der Waals surface area contributed by atoms with Crippen molar-refractivity contribution >= 4 is 17.6 Å². The molecule has 0 bridgehead atoms. The standard InChI is InChI=1S/C19H23N7O/c1-2-21-19(27)23-18-22-17-11-15(14-6-5-7-20-12-14)10-16(26(17)24-18)13-25-8-3-4-9-25/h5-7,10-12H,2-4,8-9,13H2,1H3,(H2,21,23,24,27). The Balaban J connectivity index is 1.73. The van der Waals surface area contributed by atoms with Crippen LogP contribution < -0.4 is 10.6 Å². The van der Waals surface area contributed by atoms with E-state index >= 15 is 0 Å². The fourth-order valence-electron chi connectivity index (χ4n) is 3.39. The summed E-state index contributed by atoms with van der Waals surface area (Å²) in [4.78, 5) is 22.9. The van der Waals surface area contributed by atoms with E-state index in [0.717, 1.165) is 36.5 Å². The molecule has 0 atom stereocenters. The maximum atomic E-state index is 11.8. The topological polar surface area (TPSA) is 87.4 Å². The second-order valence-electron chi connectivity index (χ2n) is 6.65. The molecule has 0 aliphatic carbocycles. The summed E-state index contributed by atoms with van der Waals surface area (Å²) < 4.78 is 1.82. The van der Waals surface area contributed by atoms with Crippen LogP contribution in [0.2, 0.25) is 0 Å². The molecule has 8 heteroatoms. The molecule has 4 heterocycles. The van der Waals surface area contributed by atoms with Crippen molar-refractivity contribution in [3.05, 3.63) is 42.4 Å². The van der Waals surface area contributed by atoms with Gasteiger partial charge in [0.05, 0.1) is 5.69 Å². The van der Waals surface area contributed by atoms with Crippen LogP contribution in [0.1, 0.15) is 25.5 Å². The SMILES string of the molecule is CCNC(=O)Nc1nc2cc(-c3cccnc3)cc(CN3CCCC3)n2n1. The molecule has 0 saturated carbocycles. The number of fused-ring (bicyclic) bond motifs is 1. The van der Waals surface area contributed by atoms with Gasteiger partial charge in [0.2, 0.25) is 0 Å². The minimum atomic E-state index is -0.304. The summed E-state index contributed by atoms with van der Waals surface area (Å²) in [6, 6.07) is 7.75. The number of pyridine rings is 2. The number of rotatable bonds is 5. The van der Waals surface area contributed by atoms with Gasteiger partial charge in [0.1, 0.15) is 0 Å². The molecule has 2 amide bonds. The van der Waals surface area contributed by atoms with Crippen LogP contribution in [0.25, 0.3) is 16.8 Å². The average Bonchev–Trinajstić information content (AvgIpc) is 3.32. The van der Waals surface area contributed by atoms with Gasteiger partial charge in [-0.1, -0.05) is 6.07 Å². The third-order valence-electron chi connectivity index (χ3n) is 4.65. The Kier molecular flexibility index (Phi) is 4.97. The smallest absolute Gasteiger partial charge is 0.321 e. The molecule has 4 rings (SSSR count). The van der Waals surface area contributed by atoms with Crippen LogP contribution >= 0.6 is 0 Å². The largest absolute Gasteiger partial charge is 0.338 e. The maximum Gasteiger partial charge on any atom is 0.321 e. The number of urea groups is 1. The highest BCUT2D eigenvalue weighted by atomic mass is 16.2. The molecule has 0 unspecified atom stereocenters. The molecule has 8 nitrogen and oxygen atoms in total. The van der Waals surface area contributed by atoms with Gasteiger partial charge >= 0.3 is 6.03 Å². The van der Waals surface area contributed by atoms with Gasteiger partial charge in [-0.25, -0.2) is 9.31 Å². The van der Waals surface area contributed by atoms with E-state index in [1.54, 1.807) is 6.20 Å². The first-order valence-corrected chi connectivity index (χ1v) is 9.30. The molecule has 27 heavy (non-hydrogen) atoms. The van der Waals surface area contributed by atoms with Crippen LogP contribution in [0, 0.1) is 0 Å². The van der Waals surface area contributed by atoms with Gasteiger partial charge in [0, 0.05) is 31.0 Å². The predicted molar refractivity (Wildman–Crippen MR) is 103 cm³/mol. The van der Waals surface area contributed by atoms with Crippen LogP contribution in [-0.4, -0.2) is 50.1 Å². The summed E-state index contributed by atoms with van der Waals surface area (Å²) >= 11 is 0. The summed E-state index contributed by atoms with van der Waals surface area (Å²) in [5, 5.41) is 9.89. The van der Waals surface area contributed by atoms with E-state index < -0.39 is 0 Å². The number of amides is 2. The number of carbonyl (C=O) groups is 1. The lowest BCUT2D eigenvalue weighted by molar-refractivity contribution is 0.252. The van der Waals surface area contributed by atoms with Crippen LogP contribution in [0.3, 0.4) is 0 Å². The van der Waals surface area contributed by atoms with Crippen molar-refractivity contribution in [2.75, 3.05) is 25.0 Å². The Labute approximate surface area is 157 Å². The van der Waals surface area contributed by atoms with E-state index in [1.165, 1.54) is 12.8 Å².